The highest BCUT2D eigenvalue weighted by Gasteiger charge is 2.41. The van der Waals surface area contributed by atoms with Crippen LogP contribution in [0.2, 0.25) is 0 Å². The van der Waals surface area contributed by atoms with Gasteiger partial charge >= 0.3 is 5.97 Å². The summed E-state index contributed by atoms with van der Waals surface area (Å²) in [5.74, 6) is -0.564. The molecule has 1 fully saturated rings. The highest BCUT2D eigenvalue weighted by molar-refractivity contribution is 6.25. The maximum atomic E-state index is 12.2. The largest absolute Gasteiger partial charge is 0.457 e. The lowest BCUT2D eigenvalue weighted by Gasteiger charge is -2.38. The van der Waals surface area contributed by atoms with Crippen LogP contribution in [-0.4, -0.2) is 27.8 Å². The molecule has 0 spiro atoms. The molecule has 22 heavy (non-hydrogen) atoms. The number of carbonyl (C=O) groups excluding carboxylic acids is 1. The van der Waals surface area contributed by atoms with Gasteiger partial charge in [-0.3, -0.25) is 10.1 Å². The van der Waals surface area contributed by atoms with Crippen LogP contribution in [0.3, 0.4) is 0 Å². The Hall–Kier alpha value is -1.59. The van der Waals surface area contributed by atoms with E-state index >= 15 is 0 Å². The van der Waals surface area contributed by atoms with Gasteiger partial charge in [0.2, 0.25) is 0 Å². The molecule has 4 atom stereocenters. The van der Waals surface area contributed by atoms with Crippen LogP contribution in [0.15, 0.2) is 30.3 Å². The molecule has 0 amide bonds. The second-order valence-electron chi connectivity index (χ2n) is 5.51. The number of carbonyl (C=O) groups is 1. The monoisotopic (exact) mass is 341 g/mol. The van der Waals surface area contributed by atoms with E-state index in [4.69, 9.17) is 27.9 Å². The van der Waals surface area contributed by atoms with Crippen molar-refractivity contribution >= 4 is 40.4 Å². The average Bonchev–Trinajstić information content (AvgIpc) is 2.47. The summed E-state index contributed by atoms with van der Waals surface area (Å²) < 4.78 is 5.45. The van der Waals surface area contributed by atoms with Crippen LogP contribution < -0.4 is 0 Å². The molecule has 0 bridgehead atoms. The quantitative estimate of drug-likeness (QED) is 0.357. The Morgan fingerprint density at radius 3 is 2.77 bits per heavy atom. The minimum absolute atomic E-state index is 0.0642. The maximum absolute atomic E-state index is 12.2. The first-order valence-electron chi connectivity index (χ1n) is 6.91. The predicted octanol–water partition coefficient (Wildman–Crippen LogP) is 3.53. The summed E-state index contributed by atoms with van der Waals surface area (Å²) in [6.07, 6.45) is 2.67. The Bertz CT molecular complexity index is 661. The molecule has 7 heteroatoms. The SMILES string of the molecule is O=C1O[C@H]2[C@@H](Cl)C[C@@H](Cl)C[C@@H]2C=C1c1cccc([N+](=O)[O-])c1. The van der Waals surface area contributed by atoms with Crippen molar-refractivity contribution in [2.45, 2.75) is 29.7 Å². The molecule has 1 aliphatic carbocycles. The predicted molar refractivity (Wildman–Crippen MR) is 83.0 cm³/mol. The number of hydrogen-bond donors (Lipinski definition) is 0. The topological polar surface area (TPSA) is 69.4 Å². The van der Waals surface area contributed by atoms with Gasteiger partial charge in [-0.25, -0.2) is 4.79 Å². The highest BCUT2D eigenvalue weighted by atomic mass is 35.5. The molecule has 1 heterocycles. The van der Waals surface area contributed by atoms with Crippen molar-refractivity contribution in [2.75, 3.05) is 0 Å². The number of esters is 1. The summed E-state index contributed by atoms with van der Waals surface area (Å²) >= 11 is 12.4. The zero-order valence-corrected chi connectivity index (χ0v) is 13.0. The van der Waals surface area contributed by atoms with Crippen molar-refractivity contribution < 1.29 is 14.5 Å². The average molecular weight is 342 g/mol. The van der Waals surface area contributed by atoms with Crippen LogP contribution in [0.4, 0.5) is 5.69 Å². The number of non-ortho nitro benzene ring substituents is 1. The number of benzene rings is 1. The molecule has 1 aliphatic heterocycles. The van der Waals surface area contributed by atoms with Crippen LogP contribution >= 0.6 is 23.2 Å². The fourth-order valence-electron chi connectivity index (χ4n) is 2.97. The summed E-state index contributed by atoms with van der Waals surface area (Å²) in [5.41, 5.74) is 0.738. The van der Waals surface area contributed by atoms with E-state index in [1.807, 2.05) is 0 Å². The van der Waals surface area contributed by atoms with Gasteiger partial charge in [0.05, 0.1) is 15.9 Å². The van der Waals surface area contributed by atoms with Crippen LogP contribution in [-0.2, 0) is 9.53 Å². The molecule has 0 radical (unpaired) electrons. The van der Waals surface area contributed by atoms with Crippen molar-refractivity contribution in [1.82, 2.24) is 0 Å². The summed E-state index contributed by atoms with van der Waals surface area (Å²) in [5, 5.41) is 10.5. The zero-order valence-electron chi connectivity index (χ0n) is 11.4. The number of alkyl halides is 2. The third-order valence-electron chi connectivity index (χ3n) is 4.00. The van der Waals surface area contributed by atoms with Crippen LogP contribution in [0.1, 0.15) is 18.4 Å². The number of nitrogens with zero attached hydrogens (tertiary/aromatic N) is 1. The summed E-state index contributed by atoms with van der Waals surface area (Å²) in [7, 11) is 0. The number of halogens is 2. The van der Waals surface area contributed by atoms with E-state index < -0.39 is 10.9 Å². The van der Waals surface area contributed by atoms with Gasteiger partial charge in [0, 0.05) is 23.4 Å². The normalized spacial score (nSPS) is 31.0. The van der Waals surface area contributed by atoms with Gasteiger partial charge in [-0.05, 0) is 18.4 Å². The fraction of sp³-hybridized carbons (Fsp3) is 0.400. The minimum atomic E-state index is -0.500. The Labute approximate surface area is 137 Å². The van der Waals surface area contributed by atoms with E-state index in [2.05, 4.69) is 0 Å². The summed E-state index contributed by atoms with van der Waals surface area (Å²) in [4.78, 5) is 22.6. The summed E-state index contributed by atoms with van der Waals surface area (Å²) in [6, 6.07) is 5.95. The van der Waals surface area contributed by atoms with Gasteiger partial charge in [0.15, 0.2) is 0 Å². The Morgan fingerprint density at radius 1 is 1.27 bits per heavy atom. The van der Waals surface area contributed by atoms with Crippen molar-refractivity contribution in [3.8, 4) is 0 Å². The van der Waals surface area contributed by atoms with E-state index in [0.717, 1.165) is 0 Å². The molecule has 1 aromatic rings. The van der Waals surface area contributed by atoms with Crippen molar-refractivity contribution in [2.24, 2.45) is 5.92 Å². The van der Waals surface area contributed by atoms with Crippen molar-refractivity contribution in [1.29, 1.82) is 0 Å². The first-order valence-corrected chi connectivity index (χ1v) is 7.79. The van der Waals surface area contributed by atoms with Crippen LogP contribution in [0, 0.1) is 16.0 Å². The van der Waals surface area contributed by atoms with E-state index in [9.17, 15) is 14.9 Å². The maximum Gasteiger partial charge on any atom is 0.338 e. The lowest BCUT2D eigenvalue weighted by Crippen LogP contribution is -2.43. The van der Waals surface area contributed by atoms with Crippen molar-refractivity contribution in [3.05, 3.63) is 46.0 Å². The number of ether oxygens (including phenoxy) is 1. The molecule has 116 valence electrons. The van der Waals surface area contributed by atoms with Gasteiger partial charge in [0.1, 0.15) is 6.10 Å². The molecule has 5 nitrogen and oxygen atoms in total. The third-order valence-corrected chi connectivity index (χ3v) is 4.78. The molecule has 3 rings (SSSR count). The lowest BCUT2D eigenvalue weighted by atomic mass is 9.82. The van der Waals surface area contributed by atoms with Crippen LogP contribution in [0.25, 0.3) is 5.57 Å². The molecule has 1 aromatic carbocycles. The van der Waals surface area contributed by atoms with Gasteiger partial charge < -0.3 is 4.74 Å². The minimum Gasteiger partial charge on any atom is -0.457 e. The van der Waals surface area contributed by atoms with Gasteiger partial charge in [-0.2, -0.15) is 0 Å². The number of nitro groups is 1. The molecular weight excluding hydrogens is 329 g/mol. The molecule has 0 aromatic heterocycles. The number of rotatable bonds is 2. The van der Waals surface area contributed by atoms with Crippen molar-refractivity contribution in [3.63, 3.8) is 0 Å². The number of fused-ring (bicyclic) bond motifs is 1. The second kappa shape index (κ2) is 5.89. The molecule has 0 saturated heterocycles. The molecule has 0 unspecified atom stereocenters. The molecule has 0 N–H and O–H groups in total. The standard InChI is InChI=1S/C15H13Cl2NO4/c16-10-4-9-6-12(15(19)22-14(9)13(17)7-10)8-2-1-3-11(5-8)18(20)21/h1-3,5-6,9-10,13-14H,4,7H2/t9-,10+,13+,14-/m1/s1. The van der Waals surface area contributed by atoms with Gasteiger partial charge in [0.25, 0.3) is 5.69 Å². The molecular formula is C15H13Cl2NO4. The van der Waals surface area contributed by atoms with E-state index in [1.54, 1.807) is 18.2 Å². The Kier molecular flexibility index (Phi) is 4.10. The van der Waals surface area contributed by atoms with Gasteiger partial charge in [-0.1, -0.05) is 18.2 Å². The summed E-state index contributed by atoms with van der Waals surface area (Å²) in [6.45, 7) is 0. The van der Waals surface area contributed by atoms with Crippen LogP contribution in [0.5, 0.6) is 0 Å². The number of hydrogen-bond acceptors (Lipinski definition) is 4. The number of nitro benzene ring substituents is 1. The first-order chi connectivity index (χ1) is 10.5. The van der Waals surface area contributed by atoms with E-state index in [0.29, 0.717) is 24.0 Å². The molecule has 1 saturated carbocycles. The first kappa shape index (κ1) is 15.3. The van der Waals surface area contributed by atoms with E-state index in [1.165, 1.54) is 12.1 Å². The lowest BCUT2D eigenvalue weighted by molar-refractivity contribution is -0.384. The second-order valence-corrected chi connectivity index (χ2v) is 6.68. The zero-order chi connectivity index (χ0) is 15.9. The fourth-order valence-corrected chi connectivity index (χ4v) is 3.91. The van der Waals surface area contributed by atoms with Gasteiger partial charge in [-0.15, -0.1) is 23.2 Å². The van der Waals surface area contributed by atoms with E-state index in [-0.39, 0.29) is 28.5 Å². The molecule has 2 aliphatic rings. The Morgan fingerprint density at radius 2 is 2.05 bits per heavy atom. The smallest absolute Gasteiger partial charge is 0.338 e. The highest BCUT2D eigenvalue weighted by Crippen LogP contribution is 2.39. The third kappa shape index (κ3) is 2.83. The Balaban J connectivity index is 1.96.